The first-order chi connectivity index (χ1) is 15.0. The molecule has 0 fully saturated rings. The number of benzene rings is 3. The van der Waals surface area contributed by atoms with Crippen LogP contribution in [-0.4, -0.2) is 15.9 Å². The van der Waals surface area contributed by atoms with E-state index < -0.39 is 5.41 Å². The van der Waals surface area contributed by atoms with E-state index in [1.165, 1.54) is 0 Å². The highest BCUT2D eigenvalue weighted by molar-refractivity contribution is 6.32. The van der Waals surface area contributed by atoms with Crippen molar-refractivity contribution in [3.63, 3.8) is 0 Å². The van der Waals surface area contributed by atoms with E-state index in [2.05, 4.69) is 15.3 Å². The quantitative estimate of drug-likeness (QED) is 0.260. The molecule has 1 aliphatic rings. The number of amides is 1. The first-order valence-electron chi connectivity index (χ1n) is 9.64. The van der Waals surface area contributed by atoms with Crippen molar-refractivity contribution in [2.24, 2.45) is 0 Å². The second-order valence-electron chi connectivity index (χ2n) is 7.68. The van der Waals surface area contributed by atoms with Crippen LogP contribution in [0.4, 0.5) is 5.69 Å². The smallest absolute Gasteiger partial charge is 0.244 e. The van der Waals surface area contributed by atoms with E-state index in [0.717, 1.165) is 38.5 Å². The summed E-state index contributed by atoms with van der Waals surface area (Å²) in [5.41, 5.74) is 3.86. The molecule has 7 heteroatoms. The van der Waals surface area contributed by atoms with Gasteiger partial charge in [0.25, 0.3) is 0 Å². The average Bonchev–Trinajstić information content (AvgIpc) is 3.41. The van der Waals surface area contributed by atoms with Gasteiger partial charge in [0.05, 0.1) is 0 Å². The number of halogens is 3. The third-order valence-corrected chi connectivity index (χ3v) is 6.78. The predicted molar refractivity (Wildman–Crippen MR) is 127 cm³/mol. The van der Waals surface area contributed by atoms with Crippen LogP contribution in [0, 0.1) is 0 Å². The zero-order chi connectivity index (χ0) is 21.3. The largest absolute Gasteiger partial charge is 0.361 e. The molecule has 1 aliphatic heterocycles. The van der Waals surface area contributed by atoms with Gasteiger partial charge < -0.3 is 15.3 Å². The van der Waals surface area contributed by atoms with Gasteiger partial charge in [0, 0.05) is 71.6 Å². The Bertz CT molecular complexity index is 1450. The number of carbonyl (C=O) groups is 1. The Labute approximate surface area is 192 Å². The van der Waals surface area contributed by atoms with E-state index in [9.17, 15) is 4.79 Å². The number of hydrogen-bond donors (Lipinski definition) is 3. The molecule has 0 saturated carbocycles. The van der Waals surface area contributed by atoms with Crippen molar-refractivity contribution in [3.8, 4) is 0 Å². The highest BCUT2D eigenvalue weighted by Gasteiger charge is 2.52. The summed E-state index contributed by atoms with van der Waals surface area (Å²) in [6.45, 7) is 0. The maximum absolute atomic E-state index is 13.8. The summed E-state index contributed by atoms with van der Waals surface area (Å²) in [6.07, 6.45) is 3.78. The summed E-state index contributed by atoms with van der Waals surface area (Å²) < 4.78 is 0. The molecule has 0 saturated heterocycles. The van der Waals surface area contributed by atoms with E-state index in [-0.39, 0.29) is 5.91 Å². The number of fused-ring (bicyclic) bond motifs is 3. The maximum Gasteiger partial charge on any atom is 0.244 e. The molecule has 0 aliphatic carbocycles. The number of anilines is 1. The van der Waals surface area contributed by atoms with Crippen LogP contribution in [0.25, 0.3) is 21.8 Å². The number of aromatic nitrogens is 2. The van der Waals surface area contributed by atoms with Crippen LogP contribution in [0.3, 0.4) is 0 Å². The van der Waals surface area contributed by atoms with Crippen LogP contribution in [0.2, 0.25) is 15.1 Å². The van der Waals surface area contributed by atoms with Crippen LogP contribution >= 0.6 is 34.8 Å². The summed E-state index contributed by atoms with van der Waals surface area (Å²) >= 11 is 18.7. The fourth-order valence-corrected chi connectivity index (χ4v) is 5.30. The van der Waals surface area contributed by atoms with Crippen molar-refractivity contribution in [1.29, 1.82) is 0 Å². The van der Waals surface area contributed by atoms with Gasteiger partial charge in [0.15, 0.2) is 0 Å². The fourth-order valence-electron chi connectivity index (χ4n) is 4.78. The van der Waals surface area contributed by atoms with Crippen LogP contribution in [-0.2, 0) is 10.2 Å². The van der Waals surface area contributed by atoms with Gasteiger partial charge in [-0.25, -0.2) is 0 Å². The second-order valence-corrected chi connectivity index (χ2v) is 8.99. The van der Waals surface area contributed by atoms with Crippen LogP contribution in [0.15, 0.2) is 67.0 Å². The minimum Gasteiger partial charge on any atom is -0.361 e. The van der Waals surface area contributed by atoms with Crippen molar-refractivity contribution in [2.75, 3.05) is 5.32 Å². The van der Waals surface area contributed by atoms with Gasteiger partial charge in [-0.2, -0.15) is 0 Å². The minimum absolute atomic E-state index is 0.142. The Kier molecular flexibility index (Phi) is 3.97. The first kappa shape index (κ1) is 18.8. The Balaban J connectivity index is 1.77. The topological polar surface area (TPSA) is 60.7 Å². The molecule has 0 bridgehead atoms. The summed E-state index contributed by atoms with van der Waals surface area (Å²) in [5.74, 6) is -0.142. The van der Waals surface area contributed by atoms with Gasteiger partial charge >= 0.3 is 0 Å². The number of aromatic amines is 2. The van der Waals surface area contributed by atoms with Gasteiger partial charge in [0.1, 0.15) is 5.41 Å². The van der Waals surface area contributed by atoms with E-state index >= 15 is 0 Å². The Morgan fingerprint density at radius 3 is 1.74 bits per heavy atom. The molecule has 0 spiro atoms. The molecule has 4 nitrogen and oxygen atoms in total. The van der Waals surface area contributed by atoms with Crippen LogP contribution < -0.4 is 5.32 Å². The second kappa shape index (κ2) is 6.54. The normalized spacial score (nSPS) is 14.9. The third kappa shape index (κ3) is 2.53. The zero-order valence-electron chi connectivity index (χ0n) is 15.9. The molecule has 3 heterocycles. The number of H-pyrrole nitrogens is 2. The lowest BCUT2D eigenvalue weighted by Crippen LogP contribution is -2.36. The van der Waals surface area contributed by atoms with Gasteiger partial charge in [-0.1, -0.05) is 53.0 Å². The molecule has 0 unspecified atom stereocenters. The van der Waals surface area contributed by atoms with E-state index in [1.54, 1.807) is 6.07 Å². The molecule has 1 amide bonds. The van der Waals surface area contributed by atoms with Gasteiger partial charge in [-0.05, 0) is 36.4 Å². The monoisotopic (exact) mass is 465 g/mol. The molecule has 152 valence electrons. The number of rotatable bonds is 2. The summed E-state index contributed by atoms with van der Waals surface area (Å²) in [7, 11) is 0. The van der Waals surface area contributed by atoms with Gasteiger partial charge in [0.2, 0.25) is 5.91 Å². The van der Waals surface area contributed by atoms with Crippen molar-refractivity contribution in [3.05, 3.63) is 98.7 Å². The number of nitrogens with one attached hydrogen (secondary N) is 3. The SMILES string of the molecule is O=C1Nc2cc(Cl)ccc2C1(c1c[nH]c2cc(Cl)ccc12)c1c[nH]c2cc(Cl)ccc12. The summed E-state index contributed by atoms with van der Waals surface area (Å²) in [5, 5.41) is 6.71. The van der Waals surface area contributed by atoms with Crippen molar-refractivity contribution < 1.29 is 4.79 Å². The predicted octanol–water partition coefficient (Wildman–Crippen LogP) is 6.90. The molecule has 5 aromatic rings. The third-order valence-electron chi connectivity index (χ3n) is 6.07. The van der Waals surface area contributed by atoms with Gasteiger partial charge in [-0.15, -0.1) is 0 Å². The molecule has 3 aromatic carbocycles. The molecule has 2 aromatic heterocycles. The summed E-state index contributed by atoms with van der Waals surface area (Å²) in [6, 6.07) is 16.8. The number of carbonyl (C=O) groups excluding carboxylic acids is 1. The lowest BCUT2D eigenvalue weighted by molar-refractivity contribution is -0.118. The Hall–Kier alpha value is -2.92. The Morgan fingerprint density at radius 1 is 0.645 bits per heavy atom. The van der Waals surface area contributed by atoms with Crippen LogP contribution in [0.1, 0.15) is 16.7 Å². The lowest BCUT2D eigenvalue weighted by Gasteiger charge is -2.27. The zero-order valence-corrected chi connectivity index (χ0v) is 18.2. The molecule has 31 heavy (non-hydrogen) atoms. The van der Waals surface area contributed by atoms with E-state index in [4.69, 9.17) is 34.8 Å². The summed E-state index contributed by atoms with van der Waals surface area (Å²) in [4.78, 5) is 20.4. The first-order valence-corrected chi connectivity index (χ1v) is 10.8. The highest BCUT2D eigenvalue weighted by atomic mass is 35.5. The molecular formula is C24H14Cl3N3O. The molecule has 6 rings (SSSR count). The fraction of sp³-hybridized carbons (Fsp3) is 0.0417. The highest BCUT2D eigenvalue weighted by Crippen LogP contribution is 2.52. The molecular weight excluding hydrogens is 453 g/mol. The molecule has 3 N–H and O–H groups in total. The average molecular weight is 467 g/mol. The Morgan fingerprint density at radius 2 is 1.16 bits per heavy atom. The van der Waals surface area contributed by atoms with E-state index in [0.29, 0.717) is 20.8 Å². The van der Waals surface area contributed by atoms with Crippen LogP contribution in [0.5, 0.6) is 0 Å². The van der Waals surface area contributed by atoms with Crippen molar-refractivity contribution in [2.45, 2.75) is 5.41 Å². The standard InChI is InChI=1S/C24H14Cl3N3O/c25-12-1-4-15-18(10-28-20(15)7-12)24(17-6-3-14(27)9-22(17)30-23(24)31)19-11-29-21-8-13(26)2-5-16(19)21/h1-11,28-29H,(H,30,31). The van der Waals surface area contributed by atoms with Crippen molar-refractivity contribution in [1.82, 2.24) is 9.97 Å². The van der Waals surface area contributed by atoms with Crippen molar-refractivity contribution >= 4 is 68.2 Å². The number of hydrogen-bond acceptors (Lipinski definition) is 1. The molecule has 0 atom stereocenters. The minimum atomic E-state index is -1.09. The van der Waals surface area contributed by atoms with E-state index in [1.807, 2.05) is 60.9 Å². The molecule has 0 radical (unpaired) electrons. The maximum atomic E-state index is 13.8. The van der Waals surface area contributed by atoms with Gasteiger partial charge in [-0.3, -0.25) is 4.79 Å². The lowest BCUT2D eigenvalue weighted by atomic mass is 9.70.